The summed E-state index contributed by atoms with van der Waals surface area (Å²) in [5.41, 5.74) is 2.11. The van der Waals surface area contributed by atoms with Gasteiger partial charge in [-0.25, -0.2) is 14.1 Å². The largest absolute Gasteiger partial charge is 0.335 e. The van der Waals surface area contributed by atoms with Crippen LogP contribution in [0.25, 0.3) is 5.69 Å². The van der Waals surface area contributed by atoms with Gasteiger partial charge < -0.3 is 4.90 Å². The van der Waals surface area contributed by atoms with Gasteiger partial charge in [-0.05, 0) is 42.8 Å². The second kappa shape index (κ2) is 7.03. The standard InChI is InChI=1S/C18H16ClFN4O/c1-12(13-3-6-15(7-4-13)24-11-21-10-22-24)23(2)18(25)16-8-5-14(20)9-17(16)19/h3-12H,1-2H3. The van der Waals surface area contributed by atoms with Gasteiger partial charge in [0.1, 0.15) is 18.5 Å². The topological polar surface area (TPSA) is 51.0 Å². The van der Waals surface area contributed by atoms with Crippen molar-refractivity contribution in [2.24, 2.45) is 0 Å². The minimum atomic E-state index is -0.471. The summed E-state index contributed by atoms with van der Waals surface area (Å²) in [7, 11) is 1.69. The fourth-order valence-corrected chi connectivity index (χ4v) is 2.75. The number of hydrogen-bond donors (Lipinski definition) is 0. The number of rotatable bonds is 4. The first-order chi connectivity index (χ1) is 12.0. The van der Waals surface area contributed by atoms with Gasteiger partial charge >= 0.3 is 0 Å². The minimum absolute atomic E-state index is 0.102. The van der Waals surface area contributed by atoms with E-state index < -0.39 is 5.82 Å². The molecule has 0 aliphatic heterocycles. The molecule has 1 aromatic heterocycles. The summed E-state index contributed by atoms with van der Waals surface area (Å²) < 4.78 is 14.8. The lowest BCUT2D eigenvalue weighted by Gasteiger charge is -2.26. The number of carbonyl (C=O) groups excluding carboxylic acids is 1. The minimum Gasteiger partial charge on any atom is -0.335 e. The number of amides is 1. The third kappa shape index (κ3) is 3.53. The van der Waals surface area contributed by atoms with Crippen LogP contribution in [0, 0.1) is 5.82 Å². The maximum absolute atomic E-state index is 13.2. The van der Waals surface area contributed by atoms with Gasteiger partial charge in [0.25, 0.3) is 5.91 Å². The van der Waals surface area contributed by atoms with Crippen LogP contribution in [0.2, 0.25) is 5.02 Å². The summed E-state index contributed by atoms with van der Waals surface area (Å²) in [5, 5.41) is 4.18. The predicted molar refractivity (Wildman–Crippen MR) is 93.3 cm³/mol. The molecule has 25 heavy (non-hydrogen) atoms. The Kier molecular flexibility index (Phi) is 4.81. The lowest BCUT2D eigenvalue weighted by molar-refractivity contribution is 0.0743. The van der Waals surface area contributed by atoms with Crippen molar-refractivity contribution in [3.05, 3.63) is 77.1 Å². The van der Waals surface area contributed by atoms with E-state index in [-0.39, 0.29) is 22.5 Å². The lowest BCUT2D eigenvalue weighted by Crippen LogP contribution is -2.29. The summed E-state index contributed by atoms with van der Waals surface area (Å²) >= 11 is 5.99. The van der Waals surface area contributed by atoms with E-state index in [9.17, 15) is 9.18 Å². The lowest BCUT2D eigenvalue weighted by atomic mass is 10.1. The number of benzene rings is 2. The van der Waals surface area contributed by atoms with Crippen LogP contribution in [0.4, 0.5) is 4.39 Å². The molecule has 0 spiro atoms. The van der Waals surface area contributed by atoms with Crippen molar-refractivity contribution in [3.8, 4) is 5.69 Å². The highest BCUT2D eigenvalue weighted by Crippen LogP contribution is 2.25. The second-order valence-electron chi connectivity index (χ2n) is 5.65. The van der Waals surface area contributed by atoms with E-state index in [0.717, 1.165) is 17.3 Å². The van der Waals surface area contributed by atoms with Crippen molar-refractivity contribution in [1.82, 2.24) is 19.7 Å². The van der Waals surface area contributed by atoms with E-state index in [1.54, 1.807) is 23.0 Å². The van der Waals surface area contributed by atoms with Gasteiger partial charge in [-0.1, -0.05) is 23.7 Å². The maximum Gasteiger partial charge on any atom is 0.255 e. The van der Waals surface area contributed by atoms with Gasteiger partial charge in [-0.2, -0.15) is 5.10 Å². The van der Waals surface area contributed by atoms with Gasteiger partial charge in [0, 0.05) is 7.05 Å². The van der Waals surface area contributed by atoms with Crippen molar-refractivity contribution in [1.29, 1.82) is 0 Å². The Morgan fingerprint density at radius 3 is 2.56 bits per heavy atom. The van der Waals surface area contributed by atoms with E-state index in [1.165, 1.54) is 18.5 Å². The zero-order valence-electron chi connectivity index (χ0n) is 13.7. The molecule has 0 aliphatic carbocycles. The zero-order valence-corrected chi connectivity index (χ0v) is 14.5. The van der Waals surface area contributed by atoms with Crippen LogP contribution in [0.3, 0.4) is 0 Å². The summed E-state index contributed by atoms with van der Waals surface area (Å²) in [4.78, 5) is 18.1. The molecule has 1 amide bonds. The third-order valence-corrected chi connectivity index (χ3v) is 4.43. The molecule has 2 aromatic carbocycles. The fourth-order valence-electron chi connectivity index (χ4n) is 2.50. The van der Waals surface area contributed by atoms with E-state index >= 15 is 0 Å². The van der Waals surface area contributed by atoms with Crippen molar-refractivity contribution in [3.63, 3.8) is 0 Å². The van der Waals surface area contributed by atoms with Gasteiger partial charge in [-0.3, -0.25) is 4.79 Å². The Morgan fingerprint density at radius 1 is 1.24 bits per heavy atom. The summed E-state index contributed by atoms with van der Waals surface area (Å²) in [6.07, 6.45) is 3.08. The van der Waals surface area contributed by atoms with E-state index in [0.29, 0.717) is 0 Å². The van der Waals surface area contributed by atoms with Gasteiger partial charge in [0.15, 0.2) is 0 Å². The zero-order chi connectivity index (χ0) is 18.0. The fraction of sp³-hybridized carbons (Fsp3) is 0.167. The van der Waals surface area contributed by atoms with Crippen LogP contribution in [-0.4, -0.2) is 32.6 Å². The molecule has 3 rings (SSSR count). The molecule has 0 saturated heterocycles. The van der Waals surface area contributed by atoms with Crippen LogP contribution in [0.5, 0.6) is 0 Å². The molecule has 128 valence electrons. The van der Waals surface area contributed by atoms with Crippen LogP contribution in [-0.2, 0) is 0 Å². The molecule has 0 fully saturated rings. The molecule has 3 aromatic rings. The van der Waals surface area contributed by atoms with Gasteiger partial charge in [0.2, 0.25) is 0 Å². The first-order valence-corrected chi connectivity index (χ1v) is 8.02. The number of halogens is 2. The Bertz CT molecular complexity index is 881. The molecular weight excluding hydrogens is 343 g/mol. The first kappa shape index (κ1) is 17.1. The van der Waals surface area contributed by atoms with Crippen LogP contribution in [0.1, 0.15) is 28.9 Å². The molecule has 5 nitrogen and oxygen atoms in total. The maximum atomic E-state index is 13.2. The number of aromatic nitrogens is 3. The summed E-state index contributed by atoms with van der Waals surface area (Å²) in [5.74, 6) is -0.737. The Morgan fingerprint density at radius 2 is 1.96 bits per heavy atom. The first-order valence-electron chi connectivity index (χ1n) is 7.64. The second-order valence-corrected chi connectivity index (χ2v) is 6.05. The monoisotopic (exact) mass is 358 g/mol. The predicted octanol–water partition coefficient (Wildman–Crippen LogP) is 3.89. The molecule has 0 N–H and O–H groups in total. The smallest absolute Gasteiger partial charge is 0.255 e. The van der Waals surface area contributed by atoms with E-state index in [1.807, 2.05) is 31.2 Å². The highest BCUT2D eigenvalue weighted by Gasteiger charge is 2.21. The third-order valence-electron chi connectivity index (χ3n) is 4.12. The summed E-state index contributed by atoms with van der Waals surface area (Å²) in [6, 6.07) is 11.3. The van der Waals surface area contributed by atoms with Gasteiger partial charge in [0.05, 0.1) is 22.3 Å². The molecule has 0 saturated carbocycles. The number of hydrogen-bond acceptors (Lipinski definition) is 3. The SMILES string of the molecule is CC(c1ccc(-n2cncn2)cc1)N(C)C(=O)c1ccc(F)cc1Cl. The van der Waals surface area contributed by atoms with E-state index in [2.05, 4.69) is 10.1 Å². The molecule has 1 unspecified atom stereocenters. The van der Waals surface area contributed by atoms with Crippen molar-refractivity contribution < 1.29 is 9.18 Å². The van der Waals surface area contributed by atoms with Crippen LogP contribution < -0.4 is 0 Å². The summed E-state index contributed by atoms with van der Waals surface area (Å²) in [6.45, 7) is 1.92. The highest BCUT2D eigenvalue weighted by molar-refractivity contribution is 6.33. The van der Waals surface area contributed by atoms with Crippen molar-refractivity contribution in [2.45, 2.75) is 13.0 Å². The van der Waals surface area contributed by atoms with Crippen molar-refractivity contribution >= 4 is 17.5 Å². The molecule has 7 heteroatoms. The average molecular weight is 359 g/mol. The Hall–Kier alpha value is -2.73. The quantitative estimate of drug-likeness (QED) is 0.711. The van der Waals surface area contributed by atoms with Gasteiger partial charge in [-0.15, -0.1) is 0 Å². The molecule has 1 atom stereocenters. The molecular formula is C18H16ClFN4O. The number of nitrogens with zero attached hydrogens (tertiary/aromatic N) is 4. The molecule has 0 radical (unpaired) electrons. The average Bonchev–Trinajstić information content (AvgIpc) is 3.15. The molecule has 1 heterocycles. The van der Waals surface area contributed by atoms with Crippen molar-refractivity contribution in [2.75, 3.05) is 7.05 Å². The molecule has 0 bridgehead atoms. The van der Waals surface area contributed by atoms with Crippen LogP contribution in [0.15, 0.2) is 55.1 Å². The normalized spacial score (nSPS) is 12.0. The highest BCUT2D eigenvalue weighted by atomic mass is 35.5. The Labute approximate surface area is 149 Å². The number of carbonyl (C=O) groups is 1. The Balaban J connectivity index is 1.79. The molecule has 0 aliphatic rings. The van der Waals surface area contributed by atoms with Crippen LogP contribution >= 0.6 is 11.6 Å². The van der Waals surface area contributed by atoms with E-state index in [4.69, 9.17) is 11.6 Å².